The van der Waals surface area contributed by atoms with Crippen molar-refractivity contribution < 1.29 is 14.3 Å². The zero-order valence-electron chi connectivity index (χ0n) is 8.96. The van der Waals surface area contributed by atoms with E-state index in [1.54, 1.807) is 12.1 Å². The van der Waals surface area contributed by atoms with Crippen LogP contribution in [-0.2, 0) is 4.74 Å². The maximum absolute atomic E-state index is 11.3. The van der Waals surface area contributed by atoms with Crippen molar-refractivity contribution in [2.75, 3.05) is 13.7 Å². The molecule has 0 fully saturated rings. The van der Waals surface area contributed by atoms with Gasteiger partial charge in [0.2, 0.25) is 0 Å². The van der Waals surface area contributed by atoms with Gasteiger partial charge in [-0.15, -0.1) is 0 Å². The lowest BCUT2D eigenvalue weighted by molar-refractivity contribution is 0.0600. The van der Waals surface area contributed by atoms with E-state index < -0.39 is 0 Å². The molecule has 82 valence electrons. The van der Waals surface area contributed by atoms with Gasteiger partial charge >= 0.3 is 5.97 Å². The number of halogens is 1. The van der Waals surface area contributed by atoms with Gasteiger partial charge in [-0.25, -0.2) is 4.79 Å². The lowest BCUT2D eigenvalue weighted by atomic mass is 10.1. The van der Waals surface area contributed by atoms with Crippen molar-refractivity contribution in [1.29, 1.82) is 0 Å². The summed E-state index contributed by atoms with van der Waals surface area (Å²) in [6, 6.07) is 3.42. The Morgan fingerprint density at radius 1 is 1.47 bits per heavy atom. The number of carbonyl (C=O) groups excluding carboxylic acids is 1. The minimum Gasteiger partial charge on any atom is -0.494 e. The standard InChI is InChI=1S/C11H13BrO3/c1-4-15-10-6-8(11(13)14-3)5-9(12)7(10)2/h5-6H,4H2,1-3H3. The lowest BCUT2D eigenvalue weighted by Crippen LogP contribution is -2.03. The average molecular weight is 273 g/mol. The highest BCUT2D eigenvalue weighted by Crippen LogP contribution is 2.28. The summed E-state index contributed by atoms with van der Waals surface area (Å²) in [6.45, 7) is 4.40. The van der Waals surface area contributed by atoms with Gasteiger partial charge in [-0.05, 0) is 26.0 Å². The smallest absolute Gasteiger partial charge is 0.338 e. The topological polar surface area (TPSA) is 35.5 Å². The molecule has 15 heavy (non-hydrogen) atoms. The van der Waals surface area contributed by atoms with Crippen LogP contribution in [-0.4, -0.2) is 19.7 Å². The summed E-state index contributed by atoms with van der Waals surface area (Å²) in [4.78, 5) is 11.3. The molecule has 0 bridgehead atoms. The zero-order valence-corrected chi connectivity index (χ0v) is 10.6. The summed E-state index contributed by atoms with van der Waals surface area (Å²) >= 11 is 3.38. The molecule has 1 aromatic carbocycles. The predicted octanol–water partition coefficient (Wildman–Crippen LogP) is 2.94. The van der Waals surface area contributed by atoms with Gasteiger partial charge in [-0.2, -0.15) is 0 Å². The number of hydrogen-bond donors (Lipinski definition) is 0. The molecule has 0 saturated carbocycles. The van der Waals surface area contributed by atoms with Crippen molar-refractivity contribution in [3.05, 3.63) is 27.7 Å². The number of ether oxygens (including phenoxy) is 2. The Morgan fingerprint density at radius 3 is 2.67 bits per heavy atom. The fourth-order valence-electron chi connectivity index (χ4n) is 1.19. The Labute approximate surface area is 97.5 Å². The van der Waals surface area contributed by atoms with Crippen LogP contribution in [0.25, 0.3) is 0 Å². The van der Waals surface area contributed by atoms with Crippen molar-refractivity contribution >= 4 is 21.9 Å². The Bertz CT molecular complexity index is 374. The fourth-order valence-corrected chi connectivity index (χ4v) is 1.64. The minimum atomic E-state index is -0.364. The van der Waals surface area contributed by atoms with Crippen LogP contribution < -0.4 is 4.74 Å². The molecule has 1 rings (SSSR count). The van der Waals surface area contributed by atoms with Crippen LogP contribution in [0.1, 0.15) is 22.8 Å². The molecule has 0 aliphatic carbocycles. The van der Waals surface area contributed by atoms with Crippen LogP contribution >= 0.6 is 15.9 Å². The normalized spacial score (nSPS) is 9.87. The highest BCUT2D eigenvalue weighted by molar-refractivity contribution is 9.10. The molecule has 0 unspecified atom stereocenters. The third kappa shape index (κ3) is 2.72. The van der Waals surface area contributed by atoms with E-state index in [0.29, 0.717) is 17.9 Å². The van der Waals surface area contributed by atoms with E-state index in [0.717, 1.165) is 10.0 Å². The number of methoxy groups -OCH3 is 1. The van der Waals surface area contributed by atoms with Gasteiger partial charge in [0, 0.05) is 10.0 Å². The Kier molecular flexibility index (Phi) is 4.15. The van der Waals surface area contributed by atoms with E-state index in [2.05, 4.69) is 20.7 Å². The highest BCUT2D eigenvalue weighted by Gasteiger charge is 2.11. The van der Waals surface area contributed by atoms with E-state index in [1.165, 1.54) is 7.11 Å². The van der Waals surface area contributed by atoms with E-state index in [-0.39, 0.29) is 5.97 Å². The first-order valence-electron chi connectivity index (χ1n) is 4.61. The quantitative estimate of drug-likeness (QED) is 0.794. The molecule has 0 N–H and O–H groups in total. The van der Waals surface area contributed by atoms with Crippen LogP contribution in [0.15, 0.2) is 16.6 Å². The van der Waals surface area contributed by atoms with Crippen LogP contribution in [0.5, 0.6) is 5.75 Å². The third-order valence-corrected chi connectivity index (χ3v) is 2.84. The van der Waals surface area contributed by atoms with Gasteiger partial charge in [0.25, 0.3) is 0 Å². The molecule has 0 aliphatic heterocycles. The first kappa shape index (κ1) is 12.0. The van der Waals surface area contributed by atoms with Crippen molar-refractivity contribution in [3.8, 4) is 5.75 Å². The van der Waals surface area contributed by atoms with E-state index in [4.69, 9.17) is 4.74 Å². The predicted molar refractivity (Wildman–Crippen MR) is 61.4 cm³/mol. The molecule has 4 heteroatoms. The molecule has 3 nitrogen and oxygen atoms in total. The van der Waals surface area contributed by atoms with Gasteiger partial charge in [-0.3, -0.25) is 0 Å². The van der Waals surface area contributed by atoms with Crippen LogP contribution in [0.3, 0.4) is 0 Å². The first-order chi connectivity index (χ1) is 7.10. The summed E-state index contributed by atoms with van der Waals surface area (Å²) in [6.07, 6.45) is 0. The molecule has 0 atom stereocenters. The summed E-state index contributed by atoms with van der Waals surface area (Å²) in [5.41, 5.74) is 1.46. The Hall–Kier alpha value is -1.03. The SMILES string of the molecule is CCOc1cc(C(=O)OC)cc(Br)c1C. The molecule has 0 spiro atoms. The van der Waals surface area contributed by atoms with E-state index in [9.17, 15) is 4.79 Å². The number of esters is 1. The molecular weight excluding hydrogens is 260 g/mol. The van der Waals surface area contributed by atoms with Crippen molar-refractivity contribution in [3.63, 3.8) is 0 Å². The van der Waals surface area contributed by atoms with Crippen LogP contribution in [0, 0.1) is 6.92 Å². The third-order valence-electron chi connectivity index (χ3n) is 2.02. The fraction of sp³-hybridized carbons (Fsp3) is 0.364. The lowest BCUT2D eigenvalue weighted by Gasteiger charge is -2.10. The Morgan fingerprint density at radius 2 is 2.13 bits per heavy atom. The van der Waals surface area contributed by atoms with E-state index in [1.807, 2.05) is 13.8 Å². The Balaban J connectivity index is 3.16. The first-order valence-corrected chi connectivity index (χ1v) is 5.40. The molecule has 0 radical (unpaired) electrons. The monoisotopic (exact) mass is 272 g/mol. The van der Waals surface area contributed by atoms with E-state index >= 15 is 0 Å². The number of carbonyl (C=O) groups is 1. The second kappa shape index (κ2) is 5.16. The molecular formula is C11H13BrO3. The number of hydrogen-bond acceptors (Lipinski definition) is 3. The summed E-state index contributed by atoms with van der Waals surface area (Å²) in [7, 11) is 1.36. The second-order valence-electron chi connectivity index (χ2n) is 3.01. The van der Waals surface area contributed by atoms with Gasteiger partial charge in [0.1, 0.15) is 5.75 Å². The van der Waals surface area contributed by atoms with Crippen molar-refractivity contribution in [1.82, 2.24) is 0 Å². The molecule has 1 aromatic rings. The summed E-state index contributed by atoms with van der Waals surface area (Å²) in [5.74, 6) is 0.337. The molecule has 0 aliphatic rings. The van der Waals surface area contributed by atoms with Gasteiger partial charge in [-0.1, -0.05) is 15.9 Å². The molecule has 0 heterocycles. The number of benzene rings is 1. The van der Waals surface area contributed by atoms with Crippen molar-refractivity contribution in [2.24, 2.45) is 0 Å². The summed E-state index contributed by atoms with van der Waals surface area (Å²) < 4.78 is 10.9. The zero-order chi connectivity index (χ0) is 11.4. The second-order valence-corrected chi connectivity index (χ2v) is 3.86. The van der Waals surface area contributed by atoms with Gasteiger partial charge in [0.15, 0.2) is 0 Å². The largest absolute Gasteiger partial charge is 0.494 e. The van der Waals surface area contributed by atoms with Gasteiger partial charge < -0.3 is 9.47 Å². The summed E-state index contributed by atoms with van der Waals surface area (Å²) in [5, 5.41) is 0. The van der Waals surface area contributed by atoms with Gasteiger partial charge in [0.05, 0.1) is 19.3 Å². The molecule has 0 aromatic heterocycles. The maximum atomic E-state index is 11.3. The molecule has 0 amide bonds. The average Bonchev–Trinajstić information content (AvgIpc) is 2.23. The minimum absolute atomic E-state index is 0.364. The maximum Gasteiger partial charge on any atom is 0.338 e. The van der Waals surface area contributed by atoms with Crippen molar-refractivity contribution in [2.45, 2.75) is 13.8 Å². The number of rotatable bonds is 3. The highest BCUT2D eigenvalue weighted by atomic mass is 79.9. The van der Waals surface area contributed by atoms with Crippen LogP contribution in [0.2, 0.25) is 0 Å². The molecule has 0 saturated heterocycles. The van der Waals surface area contributed by atoms with Crippen LogP contribution in [0.4, 0.5) is 0 Å².